The third kappa shape index (κ3) is 40.0. The summed E-state index contributed by atoms with van der Waals surface area (Å²) in [5.41, 5.74) is 17.4. The molecule has 0 aliphatic carbocycles. The molecule has 0 amide bonds. The van der Waals surface area contributed by atoms with Crippen LogP contribution in [0.4, 0.5) is 68.2 Å². The summed E-state index contributed by atoms with van der Waals surface area (Å²) in [5.74, 6) is 0. The van der Waals surface area contributed by atoms with E-state index in [1.54, 1.807) is 0 Å². The molecule has 8 rings (SSSR count). The summed E-state index contributed by atoms with van der Waals surface area (Å²) in [5, 5.41) is 6.19. The zero-order valence-electron chi connectivity index (χ0n) is 93.8. The first-order chi connectivity index (χ1) is 63.0. The number of anilines is 12. The summed E-state index contributed by atoms with van der Waals surface area (Å²) in [6.45, 7) is 80.2. The van der Waals surface area contributed by atoms with Crippen molar-refractivity contribution < 1.29 is 0 Å². The number of nitrogens with one attached hydrogen (secondary N) is 2. The second-order valence-electron chi connectivity index (χ2n) is 47.2. The van der Waals surface area contributed by atoms with Gasteiger partial charge in [0, 0.05) is 171 Å². The SMILES string of the molecule is CCN(C)c1c(CCCC(C)(C)C)c(=S)c1=O.CCN(C)c1c(N(C)CCC(C)(C)C)c(=S)c1=O.CCN(CC)c1c(CCCC(C)(C)C)c(=S)c1=O.CCN(CC)c1c(N(C)CCC(C)(C)C)c(=S)c1=O.CCNc1c(CCCC(C)(C)C)c(=S)c1=O.CCNc1c(N(C)CCC(C)(C)C)c(=S)c1=O.CN(C)c1c(CCCC(C)(C)C)c(=S)c1=O.CN(C)c1c(N(C)CCC(C)(C)C)c(=S)c1=O. The van der Waals surface area contributed by atoms with E-state index in [1.165, 1.54) is 6.42 Å². The van der Waals surface area contributed by atoms with E-state index in [9.17, 15) is 38.4 Å². The predicted octanol–water partition coefficient (Wildman–Crippen LogP) is 25.8. The molecule has 0 saturated heterocycles. The van der Waals surface area contributed by atoms with Gasteiger partial charge in [0.2, 0.25) is 43.4 Å². The van der Waals surface area contributed by atoms with E-state index >= 15 is 0 Å². The molecule has 138 heavy (non-hydrogen) atoms. The van der Waals surface area contributed by atoms with Crippen molar-refractivity contribution in [3.8, 4) is 0 Å². The largest absolute Gasteiger partial charge is 0.382 e. The molecule has 0 radical (unpaired) electrons. The van der Waals surface area contributed by atoms with Crippen LogP contribution in [0, 0.1) is 79.4 Å². The van der Waals surface area contributed by atoms with Crippen molar-refractivity contribution in [2.75, 3.05) is 209 Å². The van der Waals surface area contributed by atoms with Gasteiger partial charge in [-0.05, 0) is 201 Å². The highest BCUT2D eigenvalue weighted by atomic mass is 32.1. The van der Waals surface area contributed by atoms with Gasteiger partial charge >= 0.3 is 0 Å². The Bertz CT molecular complexity index is 5760. The van der Waals surface area contributed by atoms with Crippen LogP contribution in [0.2, 0.25) is 0 Å². The van der Waals surface area contributed by atoms with Crippen molar-refractivity contribution in [3.63, 3.8) is 0 Å². The summed E-state index contributed by atoms with van der Waals surface area (Å²) in [4.78, 5) is 114. The van der Waals surface area contributed by atoms with Gasteiger partial charge in [-0.1, -0.05) is 264 Å². The van der Waals surface area contributed by atoms with E-state index in [4.69, 9.17) is 97.7 Å². The van der Waals surface area contributed by atoms with E-state index in [-0.39, 0.29) is 43.4 Å². The number of nitrogens with zero attached hydrogens (tertiary/aromatic N) is 10. The van der Waals surface area contributed by atoms with Crippen LogP contribution in [0.5, 0.6) is 0 Å². The summed E-state index contributed by atoms with van der Waals surface area (Å²) in [6.07, 6.45) is 17.1. The maximum absolute atomic E-state index is 12.0. The van der Waals surface area contributed by atoms with E-state index in [0.29, 0.717) is 85.1 Å². The normalized spacial score (nSPS) is 12.0. The molecule has 2 N–H and O–H groups in total. The molecule has 0 bridgehead atoms. The third-order valence-electron chi connectivity index (χ3n) is 24.6. The fourth-order valence-electron chi connectivity index (χ4n) is 15.6. The molecule has 0 fully saturated rings. The Morgan fingerprint density at radius 1 is 0.210 bits per heavy atom. The highest BCUT2D eigenvalue weighted by Crippen LogP contribution is 2.38. The molecule has 780 valence electrons. The average Bonchev–Trinajstić information content (AvgIpc) is 0.752. The van der Waals surface area contributed by atoms with Crippen molar-refractivity contribution >= 4 is 166 Å². The van der Waals surface area contributed by atoms with Crippen molar-refractivity contribution in [3.05, 3.63) is 140 Å². The van der Waals surface area contributed by atoms with E-state index in [2.05, 4.69) is 241 Å². The lowest BCUT2D eigenvalue weighted by atomic mass is 9.88. The Morgan fingerprint density at radius 2 is 0.428 bits per heavy atom. The van der Waals surface area contributed by atoms with E-state index in [1.807, 2.05) is 111 Å². The van der Waals surface area contributed by atoms with Crippen LogP contribution >= 0.6 is 97.7 Å². The van der Waals surface area contributed by atoms with Gasteiger partial charge in [0.25, 0.3) is 0 Å². The first-order valence-electron chi connectivity index (χ1n) is 50.2. The summed E-state index contributed by atoms with van der Waals surface area (Å²) >= 11 is 41.2. The third-order valence-corrected chi connectivity index (χ3v) is 27.9. The van der Waals surface area contributed by atoms with Crippen molar-refractivity contribution in [2.24, 2.45) is 43.3 Å². The van der Waals surface area contributed by atoms with E-state index in [0.717, 1.165) is 260 Å². The molecule has 0 unspecified atom stereocenters. The van der Waals surface area contributed by atoms with Crippen LogP contribution in [0.3, 0.4) is 0 Å². The van der Waals surface area contributed by atoms with Gasteiger partial charge < -0.3 is 59.6 Å². The van der Waals surface area contributed by atoms with Gasteiger partial charge in [0.1, 0.15) is 40.8 Å². The average molecular weight is 2060 g/mol. The maximum atomic E-state index is 12.0. The topological polar surface area (TPSA) is 193 Å². The fraction of sp³-hybridized carbons (Fsp3) is 0.709. The molecule has 0 aliphatic rings. The highest BCUT2D eigenvalue weighted by molar-refractivity contribution is 7.72. The Kier molecular flexibility index (Phi) is 52.8. The minimum atomic E-state index is -0.0144. The summed E-state index contributed by atoms with van der Waals surface area (Å²) < 4.78 is 4.17. The summed E-state index contributed by atoms with van der Waals surface area (Å²) in [6, 6.07) is 0. The monoisotopic (exact) mass is 2060 g/mol. The van der Waals surface area contributed by atoms with Gasteiger partial charge in [0.15, 0.2) is 0 Å². The van der Waals surface area contributed by atoms with Gasteiger partial charge in [-0.2, -0.15) is 0 Å². The molecular weight excluding hydrogens is 1870 g/mol. The first kappa shape index (κ1) is 130. The van der Waals surface area contributed by atoms with Gasteiger partial charge in [0.05, 0.1) is 63.5 Å². The molecular formula is C110H184N12O8S8. The fourth-order valence-corrected chi connectivity index (χ4v) is 18.2. The van der Waals surface area contributed by atoms with Gasteiger partial charge in [-0.25, -0.2) is 0 Å². The minimum absolute atomic E-state index is 0.00242. The lowest BCUT2D eigenvalue weighted by Crippen LogP contribution is -2.36. The van der Waals surface area contributed by atoms with Crippen molar-refractivity contribution in [1.29, 1.82) is 0 Å². The molecule has 0 heterocycles. The molecule has 0 aromatic heterocycles. The molecule has 0 spiro atoms. The van der Waals surface area contributed by atoms with E-state index < -0.39 is 0 Å². The number of hydrogen-bond acceptors (Lipinski definition) is 28. The quantitative estimate of drug-likeness (QED) is 0.0344. The summed E-state index contributed by atoms with van der Waals surface area (Å²) in [7, 11) is 19.5. The van der Waals surface area contributed by atoms with Crippen LogP contribution in [0.1, 0.15) is 321 Å². The number of rotatable bonds is 40. The lowest BCUT2D eigenvalue weighted by molar-refractivity contribution is 0.365. The lowest BCUT2D eigenvalue weighted by Gasteiger charge is -2.32. The molecule has 28 heteroatoms. The zero-order chi connectivity index (χ0) is 107. The molecule has 8 aromatic rings. The van der Waals surface area contributed by atoms with Crippen LogP contribution in [-0.2, 0) is 25.7 Å². The maximum Gasteiger partial charge on any atom is 0.224 e. The molecule has 8 aromatic carbocycles. The zero-order valence-corrected chi connectivity index (χ0v) is 100. The second-order valence-corrected chi connectivity index (χ2v) is 50.5. The highest BCUT2D eigenvalue weighted by Gasteiger charge is 2.31. The number of hydrogen-bond donors (Lipinski definition) is 2. The minimum Gasteiger partial charge on any atom is -0.382 e. The van der Waals surface area contributed by atoms with Crippen molar-refractivity contribution in [2.45, 2.75) is 324 Å². The molecule has 0 aliphatic heterocycles. The van der Waals surface area contributed by atoms with Crippen LogP contribution in [-0.4, -0.2) is 149 Å². The second kappa shape index (κ2) is 56.2. The Morgan fingerprint density at radius 3 is 0.732 bits per heavy atom. The van der Waals surface area contributed by atoms with Gasteiger partial charge in [-0.3, -0.25) is 38.4 Å². The molecule has 0 saturated carbocycles. The Hall–Kier alpha value is -6.40. The van der Waals surface area contributed by atoms with Crippen LogP contribution < -0.4 is 103 Å². The Labute approximate surface area is 875 Å². The Balaban J connectivity index is 0.000000789. The van der Waals surface area contributed by atoms with Crippen molar-refractivity contribution in [1.82, 2.24) is 0 Å². The molecule has 20 nitrogen and oxygen atoms in total. The predicted molar refractivity (Wildman–Crippen MR) is 628 cm³/mol. The smallest absolute Gasteiger partial charge is 0.224 e. The first-order valence-corrected chi connectivity index (χ1v) is 53.5. The van der Waals surface area contributed by atoms with Crippen LogP contribution in [0.25, 0.3) is 0 Å². The molecule has 0 atom stereocenters. The van der Waals surface area contributed by atoms with Gasteiger partial charge in [-0.15, -0.1) is 0 Å². The standard InChI is InChI=1S/C15H26N2OS.C15H25NOS.C14H24N2OS.C14H23NOS.2C13H22N2OS.2C13H21NOS/c1-7-17(8-2)11-12(14(19)13(11)18)16(6)10-9-15(3,4)5;1-6-16(7-2)12-11(14(18)13(12)17)9-8-10-15(3,4)5;1-7-15(5)10-11(13(18)12(10)17)16(6)9-8-14(2,3)4;1-6-15(5)11-10(13(17)12(11)16)8-7-9-14(2,3)4;1-13(2,3)7-8-15(6)10-9(14(4)5)11(16)12(10)17;1-6-14-9-10(12(17)11(9)16)15(5)8-7-13(2,3)4;1-13(2,3)8-6-7-9-10(14(4)5)11(15)12(9)16;1-5-14-10-9(12(16)11(10)15)7-6-8-13(2,3)4/h7-10H2,1-6H3;6-10H2,1-5H3;7-9H2,1-6H3;6-9H2,1-5H3;7-8H2,1-6H3;14H,6-8H2,1-5H3;6-8H2,1-5H3;14H,5-8H2,1-4H3. The van der Waals surface area contributed by atoms with Crippen LogP contribution in [0.15, 0.2) is 38.4 Å².